The predicted molar refractivity (Wildman–Crippen MR) is 132 cm³/mol. The van der Waals surface area contributed by atoms with Crippen molar-refractivity contribution in [1.82, 2.24) is 15.0 Å². The highest BCUT2D eigenvalue weighted by Crippen LogP contribution is 2.24. The Labute approximate surface area is 201 Å². The van der Waals surface area contributed by atoms with Crippen LogP contribution in [-0.4, -0.2) is 38.5 Å². The Kier molecular flexibility index (Phi) is 7.30. The van der Waals surface area contributed by atoms with Gasteiger partial charge in [-0.25, -0.2) is 4.68 Å². The maximum absolute atomic E-state index is 12.8. The first kappa shape index (κ1) is 23.8. The number of Topliss-reactive ketones (excluding diaryl/α,β-unsaturated/α-hetero) is 1. The highest BCUT2D eigenvalue weighted by atomic mass is 16.5. The van der Waals surface area contributed by atoms with Crippen LogP contribution in [-0.2, 0) is 11.3 Å². The summed E-state index contributed by atoms with van der Waals surface area (Å²) in [6, 6.07) is 21.6. The zero-order valence-electron chi connectivity index (χ0n) is 19.3. The molecule has 0 aliphatic rings. The second kappa shape index (κ2) is 10.7. The third-order valence-corrected chi connectivity index (χ3v) is 5.81. The van der Waals surface area contributed by atoms with Crippen LogP contribution in [0.5, 0.6) is 5.75 Å². The number of aromatic nitrogens is 3. The molecule has 3 aromatic carbocycles. The summed E-state index contributed by atoms with van der Waals surface area (Å²) in [5.41, 5.74) is 2.50. The molecule has 0 radical (unpaired) electrons. The molecule has 35 heavy (non-hydrogen) atoms. The Morgan fingerprint density at radius 1 is 0.971 bits per heavy atom. The van der Waals surface area contributed by atoms with E-state index in [1.54, 1.807) is 36.4 Å². The van der Waals surface area contributed by atoms with Crippen LogP contribution in [0.2, 0.25) is 0 Å². The standard InChI is InChI=1S/C27H25N3O5/c1-2-35-22-13-11-19(12-14-22)18-7-9-20(10-8-18)25(31)17-21(27(33)34)15-16-30-26(32)23-5-3-4-6-24(23)28-29-30/h3-14,21H,2,15-17H2,1H3,(H,33,34)/t21-/m0/s1. The Bertz CT molecular complexity index is 1400. The number of ether oxygens (including phenoxy) is 1. The van der Waals surface area contributed by atoms with Gasteiger partial charge < -0.3 is 9.84 Å². The molecule has 0 amide bonds. The number of rotatable bonds is 10. The summed E-state index contributed by atoms with van der Waals surface area (Å²) in [5.74, 6) is -1.52. The van der Waals surface area contributed by atoms with Gasteiger partial charge in [-0.3, -0.25) is 14.4 Å². The van der Waals surface area contributed by atoms with Crippen LogP contribution in [0.3, 0.4) is 0 Å². The number of nitrogens with zero attached hydrogens (tertiary/aromatic N) is 3. The van der Waals surface area contributed by atoms with E-state index in [1.165, 1.54) is 0 Å². The second-order valence-corrected chi connectivity index (χ2v) is 8.12. The molecule has 0 spiro atoms. The van der Waals surface area contributed by atoms with Gasteiger partial charge in [0, 0.05) is 18.5 Å². The fourth-order valence-electron chi connectivity index (χ4n) is 3.86. The minimum absolute atomic E-state index is 0.0532. The number of benzene rings is 3. The van der Waals surface area contributed by atoms with Gasteiger partial charge in [-0.2, -0.15) is 0 Å². The lowest BCUT2D eigenvalue weighted by atomic mass is 9.94. The van der Waals surface area contributed by atoms with Crippen molar-refractivity contribution in [2.45, 2.75) is 26.3 Å². The SMILES string of the molecule is CCOc1ccc(-c2ccc(C(=O)C[C@H](CCn3nnc4ccccc4c3=O)C(=O)O)cc2)cc1. The first-order valence-electron chi connectivity index (χ1n) is 11.4. The van der Waals surface area contributed by atoms with E-state index in [4.69, 9.17) is 4.74 Å². The van der Waals surface area contributed by atoms with Gasteiger partial charge in [-0.15, -0.1) is 5.10 Å². The van der Waals surface area contributed by atoms with Crippen LogP contribution in [0.15, 0.2) is 77.6 Å². The number of hydrogen-bond donors (Lipinski definition) is 1. The Balaban J connectivity index is 1.42. The molecular formula is C27H25N3O5. The van der Waals surface area contributed by atoms with Crippen LogP contribution in [0.4, 0.5) is 0 Å². The smallest absolute Gasteiger partial charge is 0.307 e. The van der Waals surface area contributed by atoms with E-state index in [-0.39, 0.29) is 30.7 Å². The van der Waals surface area contributed by atoms with Gasteiger partial charge in [0.25, 0.3) is 5.56 Å². The number of ketones is 1. The second-order valence-electron chi connectivity index (χ2n) is 8.12. The van der Waals surface area contributed by atoms with Crippen molar-refractivity contribution in [2.24, 2.45) is 5.92 Å². The minimum atomic E-state index is -1.09. The highest BCUT2D eigenvalue weighted by molar-refractivity contribution is 5.98. The lowest BCUT2D eigenvalue weighted by molar-refractivity contribution is -0.142. The van der Waals surface area contributed by atoms with Gasteiger partial charge in [0.2, 0.25) is 0 Å². The molecule has 0 unspecified atom stereocenters. The molecule has 0 saturated heterocycles. The van der Waals surface area contributed by atoms with Crippen molar-refractivity contribution in [2.75, 3.05) is 6.61 Å². The average Bonchev–Trinajstić information content (AvgIpc) is 2.88. The molecule has 0 fully saturated rings. The van der Waals surface area contributed by atoms with E-state index < -0.39 is 11.9 Å². The number of fused-ring (bicyclic) bond motifs is 1. The van der Waals surface area contributed by atoms with Gasteiger partial charge in [-0.1, -0.05) is 53.7 Å². The van der Waals surface area contributed by atoms with Gasteiger partial charge >= 0.3 is 5.97 Å². The molecule has 0 aliphatic carbocycles. The highest BCUT2D eigenvalue weighted by Gasteiger charge is 2.22. The number of carbonyl (C=O) groups excluding carboxylic acids is 1. The number of aliphatic carboxylic acids is 1. The Hall–Kier alpha value is -4.33. The molecule has 0 saturated carbocycles. The minimum Gasteiger partial charge on any atom is -0.494 e. The molecule has 8 nitrogen and oxygen atoms in total. The van der Waals surface area contributed by atoms with Crippen molar-refractivity contribution >= 4 is 22.7 Å². The van der Waals surface area contributed by atoms with E-state index >= 15 is 0 Å². The fourth-order valence-corrected chi connectivity index (χ4v) is 3.86. The average molecular weight is 472 g/mol. The number of carbonyl (C=O) groups is 2. The monoisotopic (exact) mass is 471 g/mol. The molecule has 4 aromatic rings. The van der Waals surface area contributed by atoms with Crippen LogP contribution < -0.4 is 10.3 Å². The number of hydrogen-bond acceptors (Lipinski definition) is 6. The van der Waals surface area contributed by atoms with E-state index in [9.17, 15) is 19.5 Å². The number of carboxylic acids is 1. The summed E-state index contributed by atoms with van der Waals surface area (Å²) in [5, 5.41) is 18.0. The fraction of sp³-hybridized carbons (Fsp3) is 0.222. The summed E-state index contributed by atoms with van der Waals surface area (Å²) in [7, 11) is 0. The predicted octanol–water partition coefficient (Wildman–Crippen LogP) is 4.22. The van der Waals surface area contributed by atoms with Crippen LogP contribution >= 0.6 is 0 Å². The molecule has 4 rings (SSSR count). The zero-order valence-corrected chi connectivity index (χ0v) is 19.3. The van der Waals surface area contributed by atoms with Crippen LogP contribution in [0.1, 0.15) is 30.1 Å². The zero-order chi connectivity index (χ0) is 24.8. The molecule has 178 valence electrons. The largest absolute Gasteiger partial charge is 0.494 e. The lowest BCUT2D eigenvalue weighted by Crippen LogP contribution is -2.27. The summed E-state index contributed by atoms with van der Waals surface area (Å²) >= 11 is 0. The molecule has 0 bridgehead atoms. The van der Waals surface area contributed by atoms with Crippen molar-refractivity contribution in [3.63, 3.8) is 0 Å². The molecule has 1 atom stereocenters. The van der Waals surface area contributed by atoms with Crippen LogP contribution in [0, 0.1) is 5.92 Å². The third-order valence-electron chi connectivity index (χ3n) is 5.81. The molecule has 1 N–H and O–H groups in total. The van der Waals surface area contributed by atoms with Crippen molar-refractivity contribution in [1.29, 1.82) is 0 Å². The van der Waals surface area contributed by atoms with Crippen molar-refractivity contribution < 1.29 is 19.4 Å². The first-order valence-corrected chi connectivity index (χ1v) is 11.4. The summed E-state index contributed by atoms with van der Waals surface area (Å²) < 4.78 is 6.61. The molecule has 1 aromatic heterocycles. The molecule has 0 aliphatic heterocycles. The maximum atomic E-state index is 12.8. The molecule has 8 heteroatoms. The van der Waals surface area contributed by atoms with Gasteiger partial charge in [0.05, 0.1) is 17.9 Å². The van der Waals surface area contributed by atoms with E-state index in [1.807, 2.05) is 43.3 Å². The summed E-state index contributed by atoms with van der Waals surface area (Å²) in [6.45, 7) is 2.58. The van der Waals surface area contributed by atoms with E-state index in [2.05, 4.69) is 10.3 Å². The molecule has 1 heterocycles. The third kappa shape index (κ3) is 5.60. The van der Waals surface area contributed by atoms with Crippen molar-refractivity contribution in [3.05, 3.63) is 88.7 Å². The maximum Gasteiger partial charge on any atom is 0.307 e. The van der Waals surface area contributed by atoms with E-state index in [0.717, 1.165) is 21.6 Å². The van der Waals surface area contributed by atoms with Gasteiger partial charge in [-0.05, 0) is 48.7 Å². The first-order chi connectivity index (χ1) is 17.0. The quantitative estimate of drug-likeness (QED) is 0.345. The Morgan fingerprint density at radius 3 is 2.29 bits per heavy atom. The van der Waals surface area contributed by atoms with Gasteiger partial charge in [0.15, 0.2) is 5.78 Å². The van der Waals surface area contributed by atoms with Crippen LogP contribution in [0.25, 0.3) is 22.0 Å². The van der Waals surface area contributed by atoms with E-state index in [0.29, 0.717) is 23.1 Å². The van der Waals surface area contributed by atoms with Crippen molar-refractivity contribution in [3.8, 4) is 16.9 Å². The summed E-state index contributed by atoms with van der Waals surface area (Å²) in [4.78, 5) is 37.2. The normalized spacial score (nSPS) is 11.8. The lowest BCUT2D eigenvalue weighted by Gasteiger charge is -2.12. The van der Waals surface area contributed by atoms with Gasteiger partial charge in [0.1, 0.15) is 11.3 Å². The summed E-state index contributed by atoms with van der Waals surface area (Å²) in [6.07, 6.45) is -0.0915. The Morgan fingerprint density at radius 2 is 1.63 bits per heavy atom. The number of aryl methyl sites for hydroxylation is 1. The number of carboxylic acid groups (broad SMARTS) is 1. The molecular weight excluding hydrogens is 446 g/mol. The topological polar surface area (TPSA) is 111 Å².